The molecular weight excluding hydrogens is 324 g/mol. The molecule has 4 rings (SSSR count). The normalized spacial score (nSPS) is 13.7. The van der Waals surface area contributed by atoms with E-state index >= 15 is 0 Å². The zero-order valence-corrected chi connectivity index (χ0v) is 13.4. The molecule has 9 nitrogen and oxygen atoms in total. The van der Waals surface area contributed by atoms with Crippen LogP contribution in [0.1, 0.15) is 21.6 Å². The topological polar surface area (TPSA) is 107 Å². The fourth-order valence-corrected chi connectivity index (χ4v) is 3.04. The van der Waals surface area contributed by atoms with Gasteiger partial charge in [-0.25, -0.2) is 4.68 Å². The summed E-state index contributed by atoms with van der Waals surface area (Å²) in [6.45, 7) is 0.830. The molecule has 1 amide bonds. The number of nitro groups is 1. The third-order valence-corrected chi connectivity index (χ3v) is 4.38. The molecule has 0 radical (unpaired) electrons. The molecule has 0 N–H and O–H groups in total. The van der Waals surface area contributed by atoms with Crippen molar-refractivity contribution < 1.29 is 9.72 Å². The Morgan fingerprint density at radius 1 is 1.32 bits per heavy atom. The van der Waals surface area contributed by atoms with E-state index in [9.17, 15) is 14.9 Å². The average molecular weight is 338 g/mol. The van der Waals surface area contributed by atoms with Crippen molar-refractivity contribution in [3.8, 4) is 0 Å². The number of nitrogens with zero attached hydrogens (tertiary/aromatic N) is 6. The molecular formula is C16H14N6O3. The molecule has 1 aliphatic heterocycles. The molecule has 3 aromatic rings. The molecule has 0 aliphatic carbocycles. The largest absolute Gasteiger partial charge is 0.334 e. The maximum absolute atomic E-state index is 12.8. The van der Waals surface area contributed by atoms with E-state index in [1.165, 1.54) is 12.3 Å². The van der Waals surface area contributed by atoms with Crippen molar-refractivity contribution in [1.82, 2.24) is 24.9 Å². The highest BCUT2D eigenvalue weighted by Gasteiger charge is 2.24. The Balaban J connectivity index is 1.62. The number of carbonyl (C=O) groups excluding carboxylic acids is 1. The van der Waals surface area contributed by atoms with Crippen molar-refractivity contribution in [2.75, 3.05) is 6.54 Å². The summed E-state index contributed by atoms with van der Waals surface area (Å²) >= 11 is 0. The maximum atomic E-state index is 12.8. The third kappa shape index (κ3) is 2.59. The summed E-state index contributed by atoms with van der Waals surface area (Å²) in [6, 6.07) is 6.77. The van der Waals surface area contributed by atoms with Crippen molar-refractivity contribution in [3.63, 3.8) is 0 Å². The molecule has 25 heavy (non-hydrogen) atoms. The Kier molecular flexibility index (Phi) is 3.41. The second-order valence-corrected chi connectivity index (χ2v) is 5.95. The van der Waals surface area contributed by atoms with Crippen molar-refractivity contribution in [3.05, 3.63) is 57.4 Å². The zero-order chi connectivity index (χ0) is 17.6. The Hall–Kier alpha value is -3.36. The highest BCUT2D eigenvalue weighted by Crippen LogP contribution is 2.23. The van der Waals surface area contributed by atoms with Crippen LogP contribution in [0, 0.1) is 10.1 Å². The van der Waals surface area contributed by atoms with E-state index < -0.39 is 4.92 Å². The summed E-state index contributed by atoms with van der Waals surface area (Å²) < 4.78 is 1.64. The van der Waals surface area contributed by atoms with E-state index in [0.29, 0.717) is 30.6 Å². The number of benzene rings is 1. The fraction of sp³-hybridized carbons (Fsp3) is 0.250. The quantitative estimate of drug-likeness (QED) is 0.517. The molecule has 0 spiro atoms. The molecule has 0 saturated heterocycles. The first-order valence-electron chi connectivity index (χ1n) is 7.74. The van der Waals surface area contributed by atoms with Gasteiger partial charge in [-0.05, 0) is 23.8 Å². The van der Waals surface area contributed by atoms with Crippen molar-refractivity contribution >= 4 is 22.6 Å². The van der Waals surface area contributed by atoms with Gasteiger partial charge in [0.05, 0.1) is 10.4 Å². The predicted octanol–water partition coefficient (Wildman–Crippen LogP) is 1.47. The summed E-state index contributed by atoms with van der Waals surface area (Å²) in [5.41, 5.74) is 3.49. The highest BCUT2D eigenvalue weighted by atomic mass is 16.6. The minimum absolute atomic E-state index is 0.0611. The van der Waals surface area contributed by atoms with Gasteiger partial charge >= 0.3 is 0 Å². The van der Waals surface area contributed by atoms with Gasteiger partial charge in [-0.3, -0.25) is 19.9 Å². The van der Waals surface area contributed by atoms with E-state index in [0.717, 1.165) is 16.8 Å². The van der Waals surface area contributed by atoms with Gasteiger partial charge in [-0.1, -0.05) is 5.21 Å². The smallest absolute Gasteiger partial charge is 0.287 e. The van der Waals surface area contributed by atoms with Crippen molar-refractivity contribution in [2.24, 2.45) is 7.05 Å². The SMILES string of the molecule is Cn1nnc2cc(C(=O)N3CCc4ncc([N+](=O)[O-])cc4C3)ccc21. The van der Waals surface area contributed by atoms with Crippen LogP contribution >= 0.6 is 0 Å². The molecule has 3 heterocycles. The van der Waals surface area contributed by atoms with Gasteiger partial charge in [0.1, 0.15) is 11.7 Å². The first kappa shape index (κ1) is 15.2. The van der Waals surface area contributed by atoms with E-state index in [-0.39, 0.29) is 11.6 Å². The van der Waals surface area contributed by atoms with E-state index in [1.54, 1.807) is 28.8 Å². The second-order valence-electron chi connectivity index (χ2n) is 5.95. The summed E-state index contributed by atoms with van der Waals surface area (Å²) in [4.78, 5) is 29.1. The van der Waals surface area contributed by atoms with Gasteiger partial charge < -0.3 is 4.90 Å². The van der Waals surface area contributed by atoms with Gasteiger partial charge in [0.2, 0.25) is 0 Å². The fourth-order valence-electron chi connectivity index (χ4n) is 3.04. The third-order valence-electron chi connectivity index (χ3n) is 4.38. The second kappa shape index (κ2) is 5.62. The first-order valence-corrected chi connectivity index (χ1v) is 7.74. The number of hydrogen-bond donors (Lipinski definition) is 0. The minimum atomic E-state index is -0.476. The van der Waals surface area contributed by atoms with Gasteiger partial charge in [0, 0.05) is 43.9 Å². The van der Waals surface area contributed by atoms with Crippen LogP contribution in [0.2, 0.25) is 0 Å². The molecule has 0 saturated carbocycles. The standard InChI is InChI=1S/C16H14N6O3/c1-20-15-3-2-10(7-14(15)18-19-20)16(23)21-5-4-13-11(9-21)6-12(8-17-13)22(24)25/h2-3,6-8H,4-5,9H2,1H3. The van der Waals surface area contributed by atoms with E-state index in [1.807, 2.05) is 6.07 Å². The lowest BCUT2D eigenvalue weighted by Crippen LogP contribution is -2.36. The summed E-state index contributed by atoms with van der Waals surface area (Å²) in [7, 11) is 1.79. The lowest BCUT2D eigenvalue weighted by Gasteiger charge is -2.28. The number of fused-ring (bicyclic) bond motifs is 2. The Morgan fingerprint density at radius 2 is 2.16 bits per heavy atom. The number of carbonyl (C=O) groups is 1. The molecule has 0 fully saturated rings. The Morgan fingerprint density at radius 3 is 2.96 bits per heavy atom. The van der Waals surface area contributed by atoms with E-state index in [2.05, 4.69) is 15.3 Å². The molecule has 0 unspecified atom stereocenters. The number of amides is 1. The monoisotopic (exact) mass is 338 g/mol. The minimum Gasteiger partial charge on any atom is -0.334 e. The van der Waals surface area contributed by atoms with Crippen LogP contribution < -0.4 is 0 Å². The van der Waals surface area contributed by atoms with Gasteiger partial charge in [0.15, 0.2) is 0 Å². The molecule has 2 aromatic heterocycles. The molecule has 1 aliphatic rings. The first-order chi connectivity index (χ1) is 12.0. The summed E-state index contributed by atoms with van der Waals surface area (Å²) in [6.07, 6.45) is 1.84. The number of hydrogen-bond acceptors (Lipinski definition) is 6. The van der Waals surface area contributed by atoms with Gasteiger partial charge in [0.25, 0.3) is 11.6 Å². The van der Waals surface area contributed by atoms with Crippen LogP contribution in [0.25, 0.3) is 11.0 Å². The van der Waals surface area contributed by atoms with Crippen LogP contribution in [0.15, 0.2) is 30.5 Å². The highest BCUT2D eigenvalue weighted by molar-refractivity contribution is 5.97. The van der Waals surface area contributed by atoms with Crippen LogP contribution in [0.5, 0.6) is 0 Å². The maximum Gasteiger partial charge on any atom is 0.287 e. The lowest BCUT2D eigenvalue weighted by molar-refractivity contribution is -0.385. The Labute approximate surface area is 142 Å². The molecule has 126 valence electrons. The van der Waals surface area contributed by atoms with Crippen molar-refractivity contribution in [1.29, 1.82) is 0 Å². The number of rotatable bonds is 2. The summed E-state index contributed by atoms with van der Waals surface area (Å²) in [5, 5.41) is 18.9. The molecule has 9 heteroatoms. The average Bonchev–Trinajstić information content (AvgIpc) is 3.00. The molecule has 0 atom stereocenters. The zero-order valence-electron chi connectivity index (χ0n) is 13.4. The molecule has 0 bridgehead atoms. The lowest BCUT2D eigenvalue weighted by atomic mass is 10.0. The van der Waals surface area contributed by atoms with Crippen LogP contribution in [-0.4, -0.2) is 42.3 Å². The number of aromatic nitrogens is 4. The number of pyridine rings is 1. The van der Waals surface area contributed by atoms with Gasteiger partial charge in [-0.15, -0.1) is 5.10 Å². The van der Waals surface area contributed by atoms with Crippen LogP contribution in [-0.2, 0) is 20.0 Å². The van der Waals surface area contributed by atoms with Gasteiger partial charge in [-0.2, -0.15) is 0 Å². The summed E-state index contributed by atoms with van der Waals surface area (Å²) in [5.74, 6) is -0.135. The number of aryl methyl sites for hydroxylation is 1. The van der Waals surface area contributed by atoms with Crippen LogP contribution in [0.3, 0.4) is 0 Å². The van der Waals surface area contributed by atoms with Crippen molar-refractivity contribution in [2.45, 2.75) is 13.0 Å². The van der Waals surface area contributed by atoms with Crippen LogP contribution in [0.4, 0.5) is 5.69 Å². The predicted molar refractivity (Wildman–Crippen MR) is 87.8 cm³/mol. The van der Waals surface area contributed by atoms with E-state index in [4.69, 9.17) is 0 Å². The Bertz CT molecular complexity index is 1010. The molecule has 1 aromatic carbocycles.